The van der Waals surface area contributed by atoms with Crippen LogP contribution in [0.25, 0.3) is 0 Å². The number of benzene rings is 2. The molecule has 0 aliphatic rings. The highest BCUT2D eigenvalue weighted by atomic mass is 79.9. The van der Waals surface area contributed by atoms with Gasteiger partial charge in [-0.15, -0.1) is 0 Å². The van der Waals surface area contributed by atoms with Crippen molar-refractivity contribution in [2.24, 2.45) is 0 Å². The second kappa shape index (κ2) is 5.39. The Hall–Kier alpha value is -1.56. The first-order valence-corrected chi connectivity index (χ1v) is 6.44. The van der Waals surface area contributed by atoms with Crippen LogP contribution >= 0.6 is 15.9 Å². The first kappa shape index (κ1) is 12.9. The van der Waals surface area contributed by atoms with Crippen LogP contribution in [0.1, 0.15) is 18.1 Å². The number of aliphatic hydroxyl groups is 1. The largest absolute Gasteiger partial charge is 0.374 e. The van der Waals surface area contributed by atoms with Gasteiger partial charge in [0, 0.05) is 10.0 Å². The molecule has 0 saturated heterocycles. The summed E-state index contributed by atoms with van der Waals surface area (Å²) in [5, 5.41) is 10.3. The molecule has 0 aliphatic heterocycles. The summed E-state index contributed by atoms with van der Waals surface area (Å²) in [6, 6.07) is 17.2. The van der Waals surface area contributed by atoms with Gasteiger partial charge in [0.1, 0.15) is 5.60 Å². The summed E-state index contributed by atoms with van der Waals surface area (Å²) in [5.41, 5.74) is 0.542. The number of rotatable bonds is 1. The molecule has 0 radical (unpaired) electrons. The van der Waals surface area contributed by atoms with E-state index < -0.39 is 5.60 Å². The van der Waals surface area contributed by atoms with Gasteiger partial charge in [-0.25, -0.2) is 0 Å². The van der Waals surface area contributed by atoms with Gasteiger partial charge >= 0.3 is 0 Å². The van der Waals surface area contributed by atoms with Crippen molar-refractivity contribution >= 4 is 15.9 Å². The van der Waals surface area contributed by atoms with Crippen LogP contribution in [0.4, 0.5) is 0 Å². The lowest BCUT2D eigenvalue weighted by Crippen LogP contribution is -2.18. The lowest BCUT2D eigenvalue weighted by atomic mass is 9.96. The average Bonchev–Trinajstić information content (AvgIpc) is 2.38. The predicted molar refractivity (Wildman–Crippen MR) is 77.0 cm³/mol. The van der Waals surface area contributed by atoms with E-state index in [0.717, 1.165) is 15.6 Å². The molecule has 18 heavy (non-hydrogen) atoms. The molecule has 0 bridgehead atoms. The Morgan fingerprint density at radius 2 is 1.61 bits per heavy atom. The second-order valence-electron chi connectivity index (χ2n) is 4.20. The Bertz CT molecular complexity index is 574. The van der Waals surface area contributed by atoms with Gasteiger partial charge in [-0.3, -0.25) is 0 Å². The van der Waals surface area contributed by atoms with Gasteiger partial charge in [0.05, 0.1) is 0 Å². The number of hydrogen-bond donors (Lipinski definition) is 1. The summed E-state index contributed by atoms with van der Waals surface area (Å²) in [7, 11) is 0. The van der Waals surface area contributed by atoms with E-state index in [1.807, 2.05) is 54.6 Å². The summed E-state index contributed by atoms with van der Waals surface area (Å²) >= 11 is 3.37. The molecule has 2 aromatic rings. The van der Waals surface area contributed by atoms with Crippen LogP contribution in [-0.4, -0.2) is 5.11 Å². The maximum atomic E-state index is 10.3. The highest BCUT2D eigenvalue weighted by molar-refractivity contribution is 9.10. The maximum Gasteiger partial charge on any atom is 0.148 e. The molecule has 1 N–H and O–H groups in total. The van der Waals surface area contributed by atoms with E-state index in [-0.39, 0.29) is 0 Å². The first-order valence-electron chi connectivity index (χ1n) is 5.64. The van der Waals surface area contributed by atoms with Gasteiger partial charge in [0.2, 0.25) is 0 Å². The smallest absolute Gasteiger partial charge is 0.148 e. The Labute approximate surface area is 116 Å². The molecule has 0 saturated carbocycles. The van der Waals surface area contributed by atoms with Crippen molar-refractivity contribution in [1.82, 2.24) is 0 Å². The van der Waals surface area contributed by atoms with Crippen LogP contribution < -0.4 is 0 Å². The molecular weight excluding hydrogens is 288 g/mol. The van der Waals surface area contributed by atoms with E-state index in [4.69, 9.17) is 0 Å². The molecule has 1 unspecified atom stereocenters. The van der Waals surface area contributed by atoms with Gasteiger partial charge in [-0.1, -0.05) is 58.1 Å². The van der Waals surface area contributed by atoms with Crippen LogP contribution in [0.3, 0.4) is 0 Å². The Balaban J connectivity index is 2.27. The van der Waals surface area contributed by atoms with E-state index >= 15 is 0 Å². The van der Waals surface area contributed by atoms with Crippen LogP contribution in [0, 0.1) is 11.8 Å². The van der Waals surface area contributed by atoms with Gasteiger partial charge < -0.3 is 5.11 Å². The zero-order valence-electron chi connectivity index (χ0n) is 10.0. The SMILES string of the molecule is CC(O)(C#Cc1ccccc1)c1ccc(Br)cc1. The molecule has 90 valence electrons. The molecule has 0 heterocycles. The van der Waals surface area contributed by atoms with Crippen molar-refractivity contribution in [2.45, 2.75) is 12.5 Å². The van der Waals surface area contributed by atoms with E-state index in [1.54, 1.807) is 6.92 Å². The fourth-order valence-corrected chi connectivity index (χ4v) is 1.83. The topological polar surface area (TPSA) is 20.2 Å². The maximum absolute atomic E-state index is 10.3. The summed E-state index contributed by atoms with van der Waals surface area (Å²) in [6.07, 6.45) is 0. The molecule has 2 rings (SSSR count). The average molecular weight is 301 g/mol. The summed E-state index contributed by atoms with van der Waals surface area (Å²) in [6.45, 7) is 1.70. The third kappa shape index (κ3) is 3.22. The zero-order valence-corrected chi connectivity index (χ0v) is 11.6. The van der Waals surface area contributed by atoms with Crippen molar-refractivity contribution in [3.05, 3.63) is 70.2 Å². The van der Waals surface area contributed by atoms with Crippen molar-refractivity contribution in [3.63, 3.8) is 0 Å². The Morgan fingerprint density at radius 3 is 2.22 bits per heavy atom. The van der Waals surface area contributed by atoms with Gasteiger partial charge in [0.15, 0.2) is 0 Å². The highest BCUT2D eigenvalue weighted by Crippen LogP contribution is 2.21. The van der Waals surface area contributed by atoms with Crippen molar-refractivity contribution < 1.29 is 5.11 Å². The standard InChI is InChI=1S/C16H13BrO/c1-16(18,14-7-9-15(17)10-8-14)12-11-13-5-3-2-4-6-13/h2-10,18H,1H3. The molecular formula is C16H13BrO. The summed E-state index contributed by atoms with van der Waals surface area (Å²) < 4.78 is 0.984. The molecule has 0 fully saturated rings. The second-order valence-corrected chi connectivity index (χ2v) is 5.11. The number of hydrogen-bond acceptors (Lipinski definition) is 1. The first-order chi connectivity index (χ1) is 8.58. The summed E-state index contributed by atoms with van der Waals surface area (Å²) in [5.74, 6) is 5.89. The van der Waals surface area contributed by atoms with Crippen molar-refractivity contribution in [2.75, 3.05) is 0 Å². The monoisotopic (exact) mass is 300 g/mol. The van der Waals surface area contributed by atoms with Crippen LogP contribution in [0.5, 0.6) is 0 Å². The van der Waals surface area contributed by atoms with E-state index in [2.05, 4.69) is 27.8 Å². The van der Waals surface area contributed by atoms with E-state index in [1.165, 1.54) is 0 Å². The molecule has 0 aromatic heterocycles. The molecule has 2 heteroatoms. The fourth-order valence-electron chi connectivity index (χ4n) is 1.56. The lowest BCUT2D eigenvalue weighted by Gasteiger charge is -2.16. The third-order valence-corrected chi connectivity index (χ3v) is 3.16. The molecule has 2 aromatic carbocycles. The molecule has 1 nitrogen and oxygen atoms in total. The van der Waals surface area contributed by atoms with Crippen molar-refractivity contribution in [3.8, 4) is 11.8 Å². The molecule has 0 aliphatic carbocycles. The van der Waals surface area contributed by atoms with Crippen molar-refractivity contribution in [1.29, 1.82) is 0 Å². The van der Waals surface area contributed by atoms with Crippen LogP contribution in [-0.2, 0) is 5.60 Å². The molecule has 1 atom stereocenters. The zero-order chi connectivity index (χ0) is 13.0. The van der Waals surface area contributed by atoms with E-state index in [0.29, 0.717) is 0 Å². The highest BCUT2D eigenvalue weighted by Gasteiger charge is 2.19. The minimum absolute atomic E-state index is 0.786. The molecule has 0 spiro atoms. The summed E-state index contributed by atoms with van der Waals surface area (Å²) in [4.78, 5) is 0. The van der Waals surface area contributed by atoms with Gasteiger partial charge in [0.25, 0.3) is 0 Å². The van der Waals surface area contributed by atoms with Gasteiger partial charge in [-0.05, 0) is 36.8 Å². The van der Waals surface area contributed by atoms with E-state index in [9.17, 15) is 5.11 Å². The van der Waals surface area contributed by atoms with Crippen LogP contribution in [0.15, 0.2) is 59.1 Å². The lowest BCUT2D eigenvalue weighted by molar-refractivity contribution is 0.122. The third-order valence-electron chi connectivity index (χ3n) is 2.63. The Morgan fingerprint density at radius 1 is 1.00 bits per heavy atom. The fraction of sp³-hybridized carbons (Fsp3) is 0.125. The predicted octanol–water partition coefficient (Wildman–Crippen LogP) is 3.71. The normalized spacial score (nSPS) is 13.3. The Kier molecular flexibility index (Phi) is 3.86. The van der Waals surface area contributed by atoms with Crippen LogP contribution in [0.2, 0.25) is 0 Å². The minimum Gasteiger partial charge on any atom is -0.374 e. The molecule has 0 amide bonds. The number of halogens is 1. The van der Waals surface area contributed by atoms with Gasteiger partial charge in [-0.2, -0.15) is 0 Å². The minimum atomic E-state index is -1.14. The quantitative estimate of drug-likeness (QED) is 0.796.